The van der Waals surface area contributed by atoms with Crippen LogP contribution in [0.4, 0.5) is 11.4 Å². The molecule has 0 unspecified atom stereocenters. The number of fused-ring (bicyclic) bond motifs is 3. The molecular weight excluding hydrogens is 356 g/mol. The molecule has 1 heterocycles. The minimum absolute atomic E-state index is 0.0507. The fourth-order valence-electron chi connectivity index (χ4n) is 3.79. The summed E-state index contributed by atoms with van der Waals surface area (Å²) in [5, 5.41) is 14.9. The van der Waals surface area contributed by atoms with Gasteiger partial charge in [0.05, 0.1) is 16.5 Å². The van der Waals surface area contributed by atoms with Crippen LogP contribution in [0.1, 0.15) is 29.5 Å². The molecule has 2 aromatic rings. The predicted octanol–water partition coefficient (Wildman–Crippen LogP) is 5.18. The molecule has 23 heavy (non-hydrogen) atoms. The van der Waals surface area contributed by atoms with Crippen LogP contribution in [-0.2, 0) is 0 Å². The van der Waals surface area contributed by atoms with E-state index in [1.165, 1.54) is 5.56 Å². The lowest BCUT2D eigenvalue weighted by atomic mass is 9.77. The zero-order valence-corrected chi connectivity index (χ0v) is 13.9. The molecule has 5 heteroatoms. The van der Waals surface area contributed by atoms with Gasteiger partial charge in [0, 0.05) is 22.1 Å². The molecule has 1 N–H and O–H groups in total. The summed E-state index contributed by atoms with van der Waals surface area (Å²) >= 11 is 3.54. The molecule has 2 aliphatic rings. The zero-order chi connectivity index (χ0) is 16.0. The second-order valence-corrected chi connectivity index (χ2v) is 6.94. The van der Waals surface area contributed by atoms with E-state index in [2.05, 4.69) is 39.5 Å². The standard InChI is InChI=1S/C18H15BrN2O2/c19-11-8-9-16-15(10-11)12-5-3-6-13(12)18(20-16)14-4-1-2-7-17(14)21(22)23/h1-5,7-10,12-13,18,20H,6H2/t12-,13-,18-/m0/s1. The van der Waals surface area contributed by atoms with Gasteiger partial charge in [-0.05, 0) is 36.1 Å². The molecule has 0 radical (unpaired) electrons. The Hall–Kier alpha value is -2.14. The summed E-state index contributed by atoms with van der Waals surface area (Å²) in [4.78, 5) is 11.1. The number of nitro groups is 1. The minimum atomic E-state index is -0.286. The molecule has 4 nitrogen and oxygen atoms in total. The van der Waals surface area contributed by atoms with Crippen LogP contribution in [0.2, 0.25) is 0 Å². The number of allylic oxidation sites excluding steroid dienone is 2. The fraction of sp³-hybridized carbons (Fsp3) is 0.222. The number of nitro benzene ring substituents is 1. The molecule has 1 aliphatic carbocycles. The van der Waals surface area contributed by atoms with Crippen molar-refractivity contribution in [2.24, 2.45) is 5.92 Å². The highest BCUT2D eigenvalue weighted by atomic mass is 79.9. The molecule has 0 spiro atoms. The van der Waals surface area contributed by atoms with E-state index in [0.29, 0.717) is 11.8 Å². The van der Waals surface area contributed by atoms with Gasteiger partial charge in [-0.25, -0.2) is 0 Å². The quantitative estimate of drug-likeness (QED) is 0.449. The Morgan fingerprint density at radius 3 is 2.83 bits per heavy atom. The van der Waals surface area contributed by atoms with E-state index in [4.69, 9.17) is 0 Å². The number of hydrogen-bond acceptors (Lipinski definition) is 3. The van der Waals surface area contributed by atoms with Crippen molar-refractivity contribution in [3.8, 4) is 0 Å². The minimum Gasteiger partial charge on any atom is -0.377 e. The Bertz CT molecular complexity index is 818. The van der Waals surface area contributed by atoms with Gasteiger partial charge in [0.2, 0.25) is 0 Å². The maximum atomic E-state index is 11.4. The van der Waals surface area contributed by atoms with E-state index in [1.807, 2.05) is 24.3 Å². The average Bonchev–Trinajstić information content (AvgIpc) is 3.04. The topological polar surface area (TPSA) is 55.2 Å². The molecule has 4 rings (SSSR count). The highest BCUT2D eigenvalue weighted by molar-refractivity contribution is 9.10. The summed E-state index contributed by atoms with van der Waals surface area (Å²) < 4.78 is 1.06. The molecule has 1 aliphatic heterocycles. The molecule has 0 amide bonds. The third-order valence-corrected chi connectivity index (χ3v) is 5.29. The molecular formula is C18H15BrN2O2. The molecule has 0 saturated heterocycles. The number of anilines is 1. The molecule has 3 atom stereocenters. The van der Waals surface area contributed by atoms with Gasteiger partial charge >= 0.3 is 0 Å². The first-order valence-corrected chi connectivity index (χ1v) is 8.40. The summed E-state index contributed by atoms with van der Waals surface area (Å²) in [5.41, 5.74) is 3.28. The monoisotopic (exact) mass is 370 g/mol. The van der Waals surface area contributed by atoms with Gasteiger partial charge in [0.15, 0.2) is 0 Å². The summed E-state index contributed by atoms with van der Waals surface area (Å²) in [6.07, 6.45) is 5.35. The number of halogens is 1. The lowest BCUT2D eigenvalue weighted by Crippen LogP contribution is -2.29. The Morgan fingerprint density at radius 2 is 2.00 bits per heavy atom. The van der Waals surface area contributed by atoms with Gasteiger partial charge in [-0.1, -0.05) is 46.3 Å². The van der Waals surface area contributed by atoms with Gasteiger partial charge in [-0.15, -0.1) is 0 Å². The number of rotatable bonds is 2. The highest BCUT2D eigenvalue weighted by Gasteiger charge is 2.40. The van der Waals surface area contributed by atoms with Crippen LogP contribution in [0.5, 0.6) is 0 Å². The van der Waals surface area contributed by atoms with Crippen molar-refractivity contribution in [3.63, 3.8) is 0 Å². The summed E-state index contributed by atoms with van der Waals surface area (Å²) in [6.45, 7) is 0. The first-order chi connectivity index (χ1) is 11.1. The second-order valence-electron chi connectivity index (χ2n) is 6.02. The van der Waals surface area contributed by atoms with Gasteiger partial charge in [-0.3, -0.25) is 10.1 Å². The van der Waals surface area contributed by atoms with Gasteiger partial charge in [-0.2, -0.15) is 0 Å². The van der Waals surface area contributed by atoms with Crippen molar-refractivity contribution in [2.45, 2.75) is 18.4 Å². The first kappa shape index (κ1) is 14.5. The van der Waals surface area contributed by atoms with Crippen LogP contribution < -0.4 is 5.32 Å². The second kappa shape index (κ2) is 5.49. The number of nitrogens with zero attached hydrogens (tertiary/aromatic N) is 1. The van der Waals surface area contributed by atoms with Gasteiger partial charge in [0.1, 0.15) is 0 Å². The highest BCUT2D eigenvalue weighted by Crippen LogP contribution is 2.51. The maximum absolute atomic E-state index is 11.4. The Labute approximate surface area is 142 Å². The van der Waals surface area contributed by atoms with E-state index in [0.717, 1.165) is 22.1 Å². The molecule has 0 saturated carbocycles. The zero-order valence-electron chi connectivity index (χ0n) is 12.3. The van der Waals surface area contributed by atoms with E-state index in [1.54, 1.807) is 12.1 Å². The third kappa shape index (κ3) is 2.36. The van der Waals surface area contributed by atoms with Crippen LogP contribution in [0.25, 0.3) is 0 Å². The van der Waals surface area contributed by atoms with Crippen molar-refractivity contribution in [2.75, 3.05) is 5.32 Å². The van der Waals surface area contributed by atoms with E-state index in [9.17, 15) is 10.1 Å². The van der Waals surface area contributed by atoms with Crippen molar-refractivity contribution >= 4 is 27.3 Å². The first-order valence-electron chi connectivity index (χ1n) is 7.61. The van der Waals surface area contributed by atoms with Crippen molar-refractivity contribution in [1.82, 2.24) is 0 Å². The fourth-order valence-corrected chi connectivity index (χ4v) is 4.17. The predicted molar refractivity (Wildman–Crippen MR) is 93.6 cm³/mol. The van der Waals surface area contributed by atoms with Crippen LogP contribution in [0.3, 0.4) is 0 Å². The number of hydrogen-bond donors (Lipinski definition) is 1. The smallest absolute Gasteiger partial charge is 0.274 e. The van der Waals surface area contributed by atoms with Crippen molar-refractivity contribution in [3.05, 3.63) is 80.3 Å². The summed E-state index contributed by atoms with van der Waals surface area (Å²) in [5.74, 6) is 0.603. The van der Waals surface area contributed by atoms with E-state index in [-0.39, 0.29) is 16.7 Å². The summed E-state index contributed by atoms with van der Waals surface area (Å²) in [6, 6.07) is 13.2. The maximum Gasteiger partial charge on any atom is 0.274 e. The summed E-state index contributed by atoms with van der Waals surface area (Å²) in [7, 11) is 0. The van der Waals surface area contributed by atoms with Crippen LogP contribution in [0.15, 0.2) is 59.1 Å². The van der Waals surface area contributed by atoms with Crippen LogP contribution in [0, 0.1) is 16.0 Å². The number of para-hydroxylation sites is 1. The van der Waals surface area contributed by atoms with Crippen molar-refractivity contribution in [1.29, 1.82) is 0 Å². The van der Waals surface area contributed by atoms with Gasteiger partial charge < -0.3 is 5.32 Å². The average molecular weight is 371 g/mol. The Kier molecular flexibility index (Phi) is 3.45. The largest absolute Gasteiger partial charge is 0.377 e. The number of nitrogens with one attached hydrogen (secondary N) is 1. The Morgan fingerprint density at radius 1 is 1.17 bits per heavy atom. The number of benzene rings is 2. The molecule has 0 bridgehead atoms. The van der Waals surface area contributed by atoms with E-state index >= 15 is 0 Å². The molecule has 2 aromatic carbocycles. The van der Waals surface area contributed by atoms with Crippen molar-refractivity contribution < 1.29 is 4.92 Å². The lowest BCUT2D eigenvalue weighted by Gasteiger charge is -2.37. The third-order valence-electron chi connectivity index (χ3n) is 4.79. The SMILES string of the molecule is O=[N+]([O-])c1ccccc1[C@H]1Nc2ccc(Br)cc2[C@H]2C=CC[C@@H]21. The van der Waals surface area contributed by atoms with Crippen LogP contribution in [-0.4, -0.2) is 4.92 Å². The molecule has 0 fully saturated rings. The molecule has 116 valence electrons. The Balaban J connectivity index is 1.83. The van der Waals surface area contributed by atoms with E-state index < -0.39 is 0 Å². The normalized spacial score (nSPS) is 24.7. The lowest BCUT2D eigenvalue weighted by molar-refractivity contribution is -0.385. The van der Waals surface area contributed by atoms with Crippen LogP contribution >= 0.6 is 15.9 Å². The van der Waals surface area contributed by atoms with Gasteiger partial charge in [0.25, 0.3) is 5.69 Å². The molecule has 0 aromatic heterocycles.